The first-order valence-corrected chi connectivity index (χ1v) is 7.09. The lowest BCUT2D eigenvalue weighted by atomic mass is 9.97. The summed E-state index contributed by atoms with van der Waals surface area (Å²) in [7, 11) is 0. The van der Waals surface area contributed by atoms with Gasteiger partial charge in [0.15, 0.2) is 11.5 Å². The molecule has 6 nitrogen and oxygen atoms in total. The minimum absolute atomic E-state index is 0.0237. The number of likely N-dealkylation sites (tertiary alicyclic amines) is 1. The molecule has 0 unspecified atom stereocenters. The third-order valence-corrected chi connectivity index (χ3v) is 3.88. The van der Waals surface area contributed by atoms with Crippen molar-refractivity contribution in [3.63, 3.8) is 0 Å². The van der Waals surface area contributed by atoms with Crippen LogP contribution in [-0.2, 0) is 9.59 Å². The predicted molar refractivity (Wildman–Crippen MR) is 76.2 cm³/mol. The van der Waals surface area contributed by atoms with E-state index in [0.29, 0.717) is 23.7 Å². The van der Waals surface area contributed by atoms with Crippen LogP contribution in [-0.4, -0.2) is 36.6 Å². The van der Waals surface area contributed by atoms with Crippen LogP contribution >= 0.6 is 0 Å². The van der Waals surface area contributed by atoms with Crippen molar-refractivity contribution in [1.29, 1.82) is 0 Å². The number of nitrogens with one attached hydrogen (secondary N) is 1. The van der Waals surface area contributed by atoms with E-state index in [1.165, 1.54) is 6.92 Å². The Kier molecular flexibility index (Phi) is 3.68. The SMILES string of the molecule is CC(=O)N1CCC[C@H](C(=O)Nc2ccc3c(c2)OCO3)C1. The molecule has 0 saturated carbocycles. The second-order valence-electron chi connectivity index (χ2n) is 5.36. The Hall–Kier alpha value is -2.24. The van der Waals surface area contributed by atoms with Gasteiger partial charge in [-0.25, -0.2) is 0 Å². The Morgan fingerprint density at radius 3 is 2.90 bits per heavy atom. The van der Waals surface area contributed by atoms with E-state index >= 15 is 0 Å². The van der Waals surface area contributed by atoms with Gasteiger partial charge < -0.3 is 19.7 Å². The molecular formula is C15H18N2O4. The molecular weight excluding hydrogens is 272 g/mol. The molecule has 3 rings (SSSR count). The molecule has 2 aliphatic rings. The maximum absolute atomic E-state index is 12.3. The van der Waals surface area contributed by atoms with Gasteiger partial charge in [0.1, 0.15) is 0 Å². The van der Waals surface area contributed by atoms with E-state index in [1.807, 2.05) is 0 Å². The molecule has 0 bridgehead atoms. The van der Waals surface area contributed by atoms with E-state index in [0.717, 1.165) is 19.4 Å². The van der Waals surface area contributed by atoms with Gasteiger partial charge in [-0.05, 0) is 25.0 Å². The largest absolute Gasteiger partial charge is 0.454 e. The van der Waals surface area contributed by atoms with E-state index in [4.69, 9.17) is 9.47 Å². The minimum atomic E-state index is -0.159. The zero-order valence-corrected chi connectivity index (χ0v) is 11.9. The van der Waals surface area contributed by atoms with Crippen molar-refractivity contribution in [2.24, 2.45) is 5.92 Å². The highest BCUT2D eigenvalue weighted by Crippen LogP contribution is 2.34. The number of benzene rings is 1. The summed E-state index contributed by atoms with van der Waals surface area (Å²) in [5, 5.41) is 2.89. The van der Waals surface area contributed by atoms with Crippen LogP contribution in [0.3, 0.4) is 0 Å². The smallest absolute Gasteiger partial charge is 0.231 e. The van der Waals surface area contributed by atoms with E-state index in [-0.39, 0.29) is 24.5 Å². The lowest BCUT2D eigenvalue weighted by molar-refractivity contribution is -0.132. The van der Waals surface area contributed by atoms with Crippen molar-refractivity contribution >= 4 is 17.5 Å². The second kappa shape index (κ2) is 5.63. The van der Waals surface area contributed by atoms with Crippen LogP contribution in [0.15, 0.2) is 18.2 Å². The van der Waals surface area contributed by atoms with Crippen molar-refractivity contribution in [3.8, 4) is 11.5 Å². The fourth-order valence-electron chi connectivity index (χ4n) is 2.70. The van der Waals surface area contributed by atoms with Crippen LogP contribution in [0, 0.1) is 5.92 Å². The molecule has 0 aliphatic carbocycles. The van der Waals surface area contributed by atoms with Crippen molar-refractivity contribution in [1.82, 2.24) is 4.90 Å². The predicted octanol–water partition coefficient (Wildman–Crippen LogP) is 1.61. The zero-order chi connectivity index (χ0) is 14.8. The lowest BCUT2D eigenvalue weighted by Crippen LogP contribution is -2.42. The third kappa shape index (κ3) is 2.94. The van der Waals surface area contributed by atoms with Crippen LogP contribution in [0.25, 0.3) is 0 Å². The Morgan fingerprint density at radius 1 is 1.29 bits per heavy atom. The first-order chi connectivity index (χ1) is 10.1. The molecule has 2 amide bonds. The Balaban J connectivity index is 1.64. The Bertz CT molecular complexity index is 573. The van der Waals surface area contributed by atoms with Crippen LogP contribution in [0.4, 0.5) is 5.69 Å². The number of anilines is 1. The molecule has 0 aromatic heterocycles. The van der Waals surface area contributed by atoms with Gasteiger partial charge >= 0.3 is 0 Å². The van der Waals surface area contributed by atoms with Crippen LogP contribution < -0.4 is 14.8 Å². The lowest BCUT2D eigenvalue weighted by Gasteiger charge is -2.31. The quantitative estimate of drug-likeness (QED) is 0.898. The number of nitrogens with zero attached hydrogens (tertiary/aromatic N) is 1. The Labute approximate surface area is 123 Å². The minimum Gasteiger partial charge on any atom is -0.454 e. The van der Waals surface area contributed by atoms with Gasteiger partial charge in [0.2, 0.25) is 18.6 Å². The van der Waals surface area contributed by atoms with Gasteiger partial charge in [-0.1, -0.05) is 0 Å². The van der Waals surface area contributed by atoms with Crippen molar-refractivity contribution in [2.45, 2.75) is 19.8 Å². The highest BCUT2D eigenvalue weighted by atomic mass is 16.7. The summed E-state index contributed by atoms with van der Waals surface area (Å²) < 4.78 is 10.5. The fraction of sp³-hybridized carbons (Fsp3) is 0.467. The number of fused-ring (bicyclic) bond motifs is 1. The topological polar surface area (TPSA) is 67.9 Å². The molecule has 0 radical (unpaired) electrons. The normalized spacial score (nSPS) is 20.2. The van der Waals surface area contributed by atoms with Crippen LogP contribution in [0.2, 0.25) is 0 Å². The third-order valence-electron chi connectivity index (χ3n) is 3.88. The molecule has 1 aromatic rings. The molecule has 2 heterocycles. The zero-order valence-electron chi connectivity index (χ0n) is 11.9. The molecule has 1 N–H and O–H groups in total. The molecule has 6 heteroatoms. The van der Waals surface area contributed by atoms with Crippen molar-refractivity contribution < 1.29 is 19.1 Å². The van der Waals surface area contributed by atoms with Crippen molar-refractivity contribution in [3.05, 3.63) is 18.2 Å². The standard InChI is InChI=1S/C15H18N2O4/c1-10(18)17-6-2-3-11(8-17)15(19)16-12-4-5-13-14(7-12)21-9-20-13/h4-5,7,11H,2-3,6,8-9H2,1H3,(H,16,19)/t11-/m0/s1. The van der Waals surface area contributed by atoms with Crippen LogP contribution in [0.5, 0.6) is 11.5 Å². The first kappa shape index (κ1) is 13.7. The summed E-state index contributed by atoms with van der Waals surface area (Å²) in [6, 6.07) is 5.32. The van der Waals surface area contributed by atoms with E-state index in [1.54, 1.807) is 23.1 Å². The molecule has 1 aromatic carbocycles. The molecule has 1 atom stereocenters. The van der Waals surface area contributed by atoms with Gasteiger partial charge in [-0.3, -0.25) is 9.59 Å². The molecule has 21 heavy (non-hydrogen) atoms. The average Bonchev–Trinajstić information content (AvgIpc) is 2.95. The van der Waals surface area contributed by atoms with Gasteiger partial charge in [-0.15, -0.1) is 0 Å². The molecule has 1 saturated heterocycles. The fourth-order valence-corrected chi connectivity index (χ4v) is 2.70. The monoisotopic (exact) mass is 290 g/mol. The first-order valence-electron chi connectivity index (χ1n) is 7.09. The van der Waals surface area contributed by atoms with Crippen LogP contribution in [0.1, 0.15) is 19.8 Å². The number of ether oxygens (including phenoxy) is 2. The average molecular weight is 290 g/mol. The number of carbonyl (C=O) groups excluding carboxylic acids is 2. The summed E-state index contributed by atoms with van der Waals surface area (Å²) >= 11 is 0. The summed E-state index contributed by atoms with van der Waals surface area (Å²) in [4.78, 5) is 25.5. The highest BCUT2D eigenvalue weighted by molar-refractivity contribution is 5.93. The number of hydrogen-bond donors (Lipinski definition) is 1. The van der Waals surface area contributed by atoms with Crippen molar-refractivity contribution in [2.75, 3.05) is 25.2 Å². The molecule has 0 spiro atoms. The van der Waals surface area contributed by atoms with E-state index in [9.17, 15) is 9.59 Å². The molecule has 112 valence electrons. The molecule has 1 fully saturated rings. The highest BCUT2D eigenvalue weighted by Gasteiger charge is 2.27. The molecule has 2 aliphatic heterocycles. The second-order valence-corrected chi connectivity index (χ2v) is 5.36. The number of hydrogen-bond acceptors (Lipinski definition) is 4. The van der Waals surface area contributed by atoms with Gasteiger partial charge in [0, 0.05) is 31.8 Å². The van der Waals surface area contributed by atoms with Gasteiger partial charge in [0.25, 0.3) is 0 Å². The van der Waals surface area contributed by atoms with Gasteiger partial charge in [-0.2, -0.15) is 0 Å². The van der Waals surface area contributed by atoms with E-state index < -0.39 is 0 Å². The number of carbonyl (C=O) groups is 2. The number of amides is 2. The summed E-state index contributed by atoms with van der Waals surface area (Å²) in [5.41, 5.74) is 0.684. The van der Waals surface area contributed by atoms with Gasteiger partial charge in [0.05, 0.1) is 5.92 Å². The summed E-state index contributed by atoms with van der Waals surface area (Å²) in [6.07, 6.45) is 1.67. The number of piperidine rings is 1. The maximum Gasteiger partial charge on any atom is 0.231 e. The number of rotatable bonds is 2. The Morgan fingerprint density at radius 2 is 2.10 bits per heavy atom. The maximum atomic E-state index is 12.3. The summed E-state index contributed by atoms with van der Waals surface area (Å²) in [5.74, 6) is 1.14. The summed E-state index contributed by atoms with van der Waals surface area (Å²) in [6.45, 7) is 2.98. The van der Waals surface area contributed by atoms with E-state index in [2.05, 4.69) is 5.32 Å².